The second-order valence-electron chi connectivity index (χ2n) is 6.52. The van der Waals surface area contributed by atoms with Gasteiger partial charge in [-0.2, -0.15) is 0 Å². The van der Waals surface area contributed by atoms with Gasteiger partial charge in [0.1, 0.15) is 5.60 Å². The van der Waals surface area contributed by atoms with Crippen molar-refractivity contribution in [3.05, 3.63) is 34.3 Å². The largest absolute Gasteiger partial charge is 0.444 e. The minimum absolute atomic E-state index is 0.280. The Bertz CT molecular complexity index is 498. The number of benzene rings is 1. The van der Waals surface area contributed by atoms with Crippen molar-refractivity contribution >= 4 is 17.7 Å². The zero-order valence-electron chi connectivity index (χ0n) is 14.2. The highest BCUT2D eigenvalue weighted by atomic mass is 35.5. The van der Waals surface area contributed by atoms with Crippen molar-refractivity contribution in [1.82, 2.24) is 10.2 Å². The van der Waals surface area contributed by atoms with Crippen LogP contribution < -0.4 is 5.32 Å². The number of nitrogens with one attached hydrogen (secondary N) is 1. The fraction of sp³-hybridized carbons (Fsp3) is 0.588. The van der Waals surface area contributed by atoms with Crippen LogP contribution in [0.5, 0.6) is 0 Å². The van der Waals surface area contributed by atoms with Crippen LogP contribution in [0.4, 0.5) is 4.79 Å². The molecule has 0 atom stereocenters. The minimum Gasteiger partial charge on any atom is -0.444 e. The predicted octanol–water partition coefficient (Wildman–Crippen LogP) is 4.00. The van der Waals surface area contributed by atoms with Crippen LogP contribution in [0.3, 0.4) is 0 Å². The molecule has 0 spiro atoms. The number of halogens is 1. The summed E-state index contributed by atoms with van der Waals surface area (Å²) in [4.78, 5) is 13.4. The molecule has 4 nitrogen and oxygen atoms in total. The molecule has 5 heteroatoms. The molecule has 0 bridgehead atoms. The van der Waals surface area contributed by atoms with Gasteiger partial charge in [0.05, 0.1) is 0 Å². The van der Waals surface area contributed by atoms with Gasteiger partial charge in [-0.15, -0.1) is 0 Å². The lowest BCUT2D eigenvalue weighted by Crippen LogP contribution is -2.35. The Kier molecular flexibility index (Phi) is 7.17. The molecular formula is C17H27ClN2O2. The van der Waals surface area contributed by atoms with Gasteiger partial charge in [-0.3, -0.25) is 0 Å². The van der Waals surface area contributed by atoms with Crippen LogP contribution in [0.15, 0.2) is 18.2 Å². The molecule has 0 aliphatic rings. The average Bonchev–Trinajstić information content (AvgIpc) is 2.40. The molecule has 0 radical (unpaired) electrons. The Hall–Kier alpha value is -1.26. The summed E-state index contributed by atoms with van der Waals surface area (Å²) in [7, 11) is 1.76. The molecule has 0 saturated carbocycles. The topological polar surface area (TPSA) is 41.6 Å². The van der Waals surface area contributed by atoms with E-state index in [1.54, 1.807) is 11.9 Å². The van der Waals surface area contributed by atoms with Crippen LogP contribution >= 0.6 is 11.6 Å². The molecule has 1 amide bonds. The van der Waals surface area contributed by atoms with E-state index in [1.807, 2.05) is 39.8 Å². The number of hydrogen-bond acceptors (Lipinski definition) is 3. The average molecular weight is 327 g/mol. The van der Waals surface area contributed by atoms with Crippen molar-refractivity contribution in [3.8, 4) is 0 Å². The van der Waals surface area contributed by atoms with Crippen molar-refractivity contribution in [2.45, 2.75) is 46.3 Å². The quantitative estimate of drug-likeness (QED) is 0.803. The molecule has 0 saturated heterocycles. The number of ether oxygens (including phenoxy) is 1. The summed E-state index contributed by atoms with van der Waals surface area (Å²) in [5.41, 5.74) is 1.80. The van der Waals surface area contributed by atoms with Gasteiger partial charge in [0, 0.05) is 25.2 Å². The van der Waals surface area contributed by atoms with Crippen LogP contribution in [0.25, 0.3) is 0 Å². The molecule has 0 aromatic heterocycles. The highest BCUT2D eigenvalue weighted by Crippen LogP contribution is 2.16. The highest BCUT2D eigenvalue weighted by molar-refractivity contribution is 6.31. The van der Waals surface area contributed by atoms with E-state index in [2.05, 4.69) is 11.4 Å². The maximum Gasteiger partial charge on any atom is 0.410 e. The normalized spacial score (nSPS) is 11.4. The second kappa shape index (κ2) is 8.39. The lowest BCUT2D eigenvalue weighted by molar-refractivity contribution is 0.0297. The van der Waals surface area contributed by atoms with Gasteiger partial charge in [0.2, 0.25) is 0 Å². The number of nitrogens with zero attached hydrogens (tertiary/aromatic N) is 1. The van der Waals surface area contributed by atoms with Crippen LogP contribution in [-0.2, 0) is 11.3 Å². The molecule has 1 aromatic rings. The van der Waals surface area contributed by atoms with Gasteiger partial charge in [0.15, 0.2) is 0 Å². The highest BCUT2D eigenvalue weighted by Gasteiger charge is 2.18. The lowest BCUT2D eigenvalue weighted by atomic mass is 10.1. The Labute approximate surface area is 138 Å². The summed E-state index contributed by atoms with van der Waals surface area (Å²) in [6, 6.07) is 6.08. The smallest absolute Gasteiger partial charge is 0.410 e. The summed E-state index contributed by atoms with van der Waals surface area (Å²) < 4.78 is 5.30. The molecule has 0 fully saturated rings. The van der Waals surface area contributed by atoms with E-state index < -0.39 is 5.60 Å². The standard InChI is InChI=1S/C17H27ClN2O2/c1-13-7-8-14(11-15(13)18)12-19-9-6-10-20(5)16(21)22-17(2,3)4/h7-8,11,19H,6,9-10,12H2,1-5H3. The molecule has 1 rings (SSSR count). The van der Waals surface area contributed by atoms with Gasteiger partial charge in [-0.05, 0) is 57.9 Å². The van der Waals surface area contributed by atoms with E-state index in [1.165, 1.54) is 0 Å². The van der Waals surface area contributed by atoms with E-state index in [4.69, 9.17) is 16.3 Å². The van der Waals surface area contributed by atoms with E-state index in [0.29, 0.717) is 6.54 Å². The zero-order valence-corrected chi connectivity index (χ0v) is 15.0. The van der Waals surface area contributed by atoms with Crippen LogP contribution in [0.1, 0.15) is 38.3 Å². The second-order valence-corrected chi connectivity index (χ2v) is 6.92. The third-order valence-corrected chi connectivity index (χ3v) is 3.52. The first-order chi connectivity index (χ1) is 10.2. The van der Waals surface area contributed by atoms with Gasteiger partial charge in [-0.25, -0.2) is 4.79 Å². The number of rotatable bonds is 6. The SMILES string of the molecule is Cc1ccc(CNCCCN(C)C(=O)OC(C)(C)C)cc1Cl. The van der Waals surface area contributed by atoms with Crippen molar-refractivity contribution in [2.24, 2.45) is 0 Å². The maximum atomic E-state index is 11.8. The monoisotopic (exact) mass is 326 g/mol. The zero-order chi connectivity index (χ0) is 16.8. The number of carbonyl (C=O) groups is 1. The van der Waals surface area contributed by atoms with Crippen molar-refractivity contribution in [2.75, 3.05) is 20.1 Å². The van der Waals surface area contributed by atoms with Crippen molar-refractivity contribution in [3.63, 3.8) is 0 Å². The van der Waals surface area contributed by atoms with Crippen molar-refractivity contribution in [1.29, 1.82) is 0 Å². The van der Waals surface area contributed by atoms with Crippen molar-refractivity contribution < 1.29 is 9.53 Å². The van der Waals surface area contributed by atoms with E-state index in [9.17, 15) is 4.79 Å². The predicted molar refractivity (Wildman–Crippen MR) is 91.4 cm³/mol. The maximum absolute atomic E-state index is 11.8. The van der Waals surface area contributed by atoms with Gasteiger partial charge >= 0.3 is 6.09 Å². The molecule has 1 N–H and O–H groups in total. The first-order valence-corrected chi connectivity index (χ1v) is 7.97. The fourth-order valence-corrected chi connectivity index (χ4v) is 2.05. The molecule has 0 aliphatic carbocycles. The van der Waals surface area contributed by atoms with E-state index >= 15 is 0 Å². The summed E-state index contributed by atoms with van der Waals surface area (Å²) >= 11 is 6.10. The Morgan fingerprint density at radius 1 is 1.36 bits per heavy atom. The van der Waals surface area contributed by atoms with E-state index in [-0.39, 0.29) is 6.09 Å². The summed E-state index contributed by atoms with van der Waals surface area (Å²) in [6.07, 6.45) is 0.591. The lowest BCUT2D eigenvalue weighted by Gasteiger charge is -2.24. The Morgan fingerprint density at radius 2 is 2.05 bits per heavy atom. The third kappa shape index (κ3) is 7.14. The number of hydrogen-bond donors (Lipinski definition) is 1. The minimum atomic E-state index is -0.450. The molecule has 124 valence electrons. The molecule has 0 unspecified atom stereocenters. The first kappa shape index (κ1) is 18.8. The number of aryl methyl sites for hydroxylation is 1. The third-order valence-electron chi connectivity index (χ3n) is 3.12. The molecule has 22 heavy (non-hydrogen) atoms. The molecular weight excluding hydrogens is 300 g/mol. The molecule has 0 heterocycles. The summed E-state index contributed by atoms with van der Waals surface area (Å²) in [6.45, 7) is 9.87. The first-order valence-electron chi connectivity index (χ1n) is 7.59. The van der Waals surface area contributed by atoms with Crippen LogP contribution in [0.2, 0.25) is 5.02 Å². The van der Waals surface area contributed by atoms with Crippen LogP contribution in [0, 0.1) is 6.92 Å². The number of amides is 1. The fourth-order valence-electron chi connectivity index (χ4n) is 1.85. The van der Waals surface area contributed by atoms with E-state index in [0.717, 1.165) is 35.7 Å². The van der Waals surface area contributed by atoms with Gasteiger partial charge in [0.25, 0.3) is 0 Å². The Morgan fingerprint density at radius 3 is 2.64 bits per heavy atom. The van der Waals surface area contributed by atoms with Gasteiger partial charge in [-0.1, -0.05) is 23.7 Å². The molecule has 1 aromatic carbocycles. The summed E-state index contributed by atoms with van der Waals surface area (Å²) in [5, 5.41) is 4.15. The molecule has 0 aliphatic heterocycles. The van der Waals surface area contributed by atoms with Crippen LogP contribution in [-0.4, -0.2) is 36.7 Å². The Balaban J connectivity index is 2.22. The number of carbonyl (C=O) groups excluding carboxylic acids is 1. The van der Waals surface area contributed by atoms with Gasteiger partial charge < -0.3 is 15.0 Å². The summed E-state index contributed by atoms with van der Waals surface area (Å²) in [5.74, 6) is 0.